The Kier molecular flexibility index (Phi) is 6.01. The molecule has 0 aliphatic heterocycles. The lowest BCUT2D eigenvalue weighted by molar-refractivity contribution is 0.222. The zero-order valence-corrected chi connectivity index (χ0v) is 11.1. The van der Waals surface area contributed by atoms with E-state index in [4.69, 9.17) is 10.5 Å². The molecule has 0 aromatic heterocycles. The second-order valence-corrected chi connectivity index (χ2v) is 4.86. The Labute approximate surface area is 105 Å². The van der Waals surface area contributed by atoms with Gasteiger partial charge in [-0.05, 0) is 30.7 Å². The van der Waals surface area contributed by atoms with Crippen molar-refractivity contribution in [1.82, 2.24) is 4.90 Å². The maximum Gasteiger partial charge on any atom is 0.119 e. The SMILES string of the molecule is CC(C)CN(C)CCOc1cccc(CN)c1. The lowest BCUT2D eigenvalue weighted by atomic mass is 10.2. The number of benzene rings is 1. The van der Waals surface area contributed by atoms with Crippen molar-refractivity contribution in [3.8, 4) is 5.75 Å². The van der Waals surface area contributed by atoms with Gasteiger partial charge in [-0.3, -0.25) is 0 Å². The molecule has 0 spiro atoms. The molecule has 3 heteroatoms. The van der Waals surface area contributed by atoms with Crippen LogP contribution in [0.5, 0.6) is 5.75 Å². The number of nitrogens with two attached hydrogens (primary N) is 1. The molecule has 0 aliphatic rings. The molecule has 1 aromatic rings. The molecule has 3 nitrogen and oxygen atoms in total. The molecule has 17 heavy (non-hydrogen) atoms. The molecule has 0 unspecified atom stereocenters. The molecule has 1 aromatic carbocycles. The zero-order valence-electron chi connectivity index (χ0n) is 11.1. The average molecular weight is 236 g/mol. The van der Waals surface area contributed by atoms with Crippen LogP contribution >= 0.6 is 0 Å². The van der Waals surface area contributed by atoms with Crippen molar-refractivity contribution in [2.45, 2.75) is 20.4 Å². The summed E-state index contributed by atoms with van der Waals surface area (Å²) < 4.78 is 5.70. The summed E-state index contributed by atoms with van der Waals surface area (Å²) in [6, 6.07) is 7.97. The number of ether oxygens (including phenoxy) is 1. The van der Waals surface area contributed by atoms with E-state index < -0.39 is 0 Å². The van der Waals surface area contributed by atoms with Crippen molar-refractivity contribution in [2.75, 3.05) is 26.7 Å². The molecule has 0 fully saturated rings. The predicted octanol–water partition coefficient (Wildman–Crippen LogP) is 2.11. The van der Waals surface area contributed by atoms with Crippen LogP contribution in [0.15, 0.2) is 24.3 Å². The third-order valence-corrected chi connectivity index (χ3v) is 2.55. The molecule has 0 bridgehead atoms. The van der Waals surface area contributed by atoms with Crippen LogP contribution in [0.25, 0.3) is 0 Å². The van der Waals surface area contributed by atoms with E-state index in [0.29, 0.717) is 12.5 Å². The van der Waals surface area contributed by atoms with Crippen LogP contribution in [0.3, 0.4) is 0 Å². The first kappa shape index (κ1) is 14.0. The molecule has 2 N–H and O–H groups in total. The zero-order chi connectivity index (χ0) is 12.7. The van der Waals surface area contributed by atoms with E-state index >= 15 is 0 Å². The maximum atomic E-state index is 5.70. The molecule has 0 amide bonds. The monoisotopic (exact) mass is 236 g/mol. The molecule has 1 rings (SSSR count). The van der Waals surface area contributed by atoms with Crippen LogP contribution in [-0.2, 0) is 6.54 Å². The van der Waals surface area contributed by atoms with Gasteiger partial charge in [-0.1, -0.05) is 26.0 Å². The van der Waals surface area contributed by atoms with E-state index in [2.05, 4.69) is 25.8 Å². The van der Waals surface area contributed by atoms with Crippen LogP contribution in [0.1, 0.15) is 19.4 Å². The van der Waals surface area contributed by atoms with Crippen molar-refractivity contribution in [3.63, 3.8) is 0 Å². The average Bonchev–Trinajstić information content (AvgIpc) is 2.28. The summed E-state index contributed by atoms with van der Waals surface area (Å²) in [5.41, 5.74) is 6.70. The molecule has 0 aliphatic carbocycles. The topological polar surface area (TPSA) is 38.5 Å². The Morgan fingerprint density at radius 1 is 1.35 bits per heavy atom. The summed E-state index contributed by atoms with van der Waals surface area (Å²) in [5, 5.41) is 0. The minimum atomic E-state index is 0.560. The molecule has 0 heterocycles. The highest BCUT2D eigenvalue weighted by molar-refractivity contribution is 5.28. The summed E-state index contributed by atoms with van der Waals surface area (Å²) in [4.78, 5) is 2.29. The van der Waals surface area contributed by atoms with Gasteiger partial charge in [0.15, 0.2) is 0 Å². The van der Waals surface area contributed by atoms with Gasteiger partial charge in [0.05, 0.1) is 0 Å². The Morgan fingerprint density at radius 2 is 2.12 bits per heavy atom. The van der Waals surface area contributed by atoms with Crippen molar-refractivity contribution >= 4 is 0 Å². The second kappa shape index (κ2) is 7.30. The fraction of sp³-hybridized carbons (Fsp3) is 0.571. The molecule has 0 saturated carbocycles. The first-order valence-corrected chi connectivity index (χ1v) is 6.22. The largest absolute Gasteiger partial charge is 0.492 e. The summed E-state index contributed by atoms with van der Waals surface area (Å²) >= 11 is 0. The lowest BCUT2D eigenvalue weighted by Crippen LogP contribution is -2.27. The lowest BCUT2D eigenvalue weighted by Gasteiger charge is -2.19. The Hall–Kier alpha value is -1.06. The number of rotatable bonds is 7. The number of likely N-dealkylation sites (N-methyl/N-ethyl adjacent to an activating group) is 1. The van der Waals surface area contributed by atoms with Gasteiger partial charge in [-0.2, -0.15) is 0 Å². The first-order valence-electron chi connectivity index (χ1n) is 6.22. The van der Waals surface area contributed by atoms with Crippen molar-refractivity contribution in [1.29, 1.82) is 0 Å². The predicted molar refractivity (Wildman–Crippen MR) is 72.2 cm³/mol. The summed E-state index contributed by atoms with van der Waals surface area (Å²) in [7, 11) is 2.12. The standard InChI is InChI=1S/C14H24N2O/c1-12(2)11-16(3)7-8-17-14-6-4-5-13(9-14)10-15/h4-6,9,12H,7-8,10-11,15H2,1-3H3. The molecular weight excluding hydrogens is 212 g/mol. The Balaban J connectivity index is 2.30. The van der Waals surface area contributed by atoms with Crippen LogP contribution in [0.2, 0.25) is 0 Å². The van der Waals surface area contributed by atoms with Gasteiger partial charge in [-0.25, -0.2) is 0 Å². The Morgan fingerprint density at radius 3 is 2.76 bits per heavy atom. The van der Waals surface area contributed by atoms with E-state index in [1.54, 1.807) is 0 Å². The highest BCUT2D eigenvalue weighted by Crippen LogP contribution is 2.12. The molecule has 96 valence electrons. The molecule has 0 atom stereocenters. The third-order valence-electron chi connectivity index (χ3n) is 2.55. The summed E-state index contributed by atoms with van der Waals surface area (Å²) in [5.74, 6) is 1.60. The van der Waals surface area contributed by atoms with Gasteiger partial charge in [0, 0.05) is 19.6 Å². The van der Waals surface area contributed by atoms with E-state index in [-0.39, 0.29) is 0 Å². The molecule has 0 saturated heterocycles. The maximum absolute atomic E-state index is 5.70. The van der Waals surface area contributed by atoms with E-state index in [1.807, 2.05) is 24.3 Å². The van der Waals surface area contributed by atoms with Crippen LogP contribution < -0.4 is 10.5 Å². The smallest absolute Gasteiger partial charge is 0.119 e. The minimum Gasteiger partial charge on any atom is -0.492 e. The fourth-order valence-corrected chi connectivity index (χ4v) is 1.80. The van der Waals surface area contributed by atoms with Crippen LogP contribution in [-0.4, -0.2) is 31.6 Å². The third kappa shape index (κ3) is 5.71. The van der Waals surface area contributed by atoms with E-state index in [9.17, 15) is 0 Å². The first-order chi connectivity index (χ1) is 8.11. The number of hydrogen-bond donors (Lipinski definition) is 1. The van der Waals surface area contributed by atoms with Crippen molar-refractivity contribution in [2.24, 2.45) is 11.7 Å². The van der Waals surface area contributed by atoms with Gasteiger partial charge in [0.1, 0.15) is 12.4 Å². The van der Waals surface area contributed by atoms with Crippen molar-refractivity contribution in [3.05, 3.63) is 29.8 Å². The molecular formula is C14H24N2O. The molecule has 0 radical (unpaired) electrons. The van der Waals surface area contributed by atoms with Gasteiger partial charge in [0.2, 0.25) is 0 Å². The van der Waals surface area contributed by atoms with Gasteiger partial charge in [0.25, 0.3) is 0 Å². The van der Waals surface area contributed by atoms with E-state index in [1.165, 1.54) is 0 Å². The van der Waals surface area contributed by atoms with Crippen LogP contribution in [0.4, 0.5) is 0 Å². The minimum absolute atomic E-state index is 0.560. The second-order valence-electron chi connectivity index (χ2n) is 4.86. The van der Waals surface area contributed by atoms with Gasteiger partial charge in [-0.15, -0.1) is 0 Å². The highest BCUT2D eigenvalue weighted by Gasteiger charge is 2.02. The van der Waals surface area contributed by atoms with Crippen LogP contribution in [0, 0.1) is 5.92 Å². The van der Waals surface area contributed by atoms with E-state index in [0.717, 1.165) is 31.0 Å². The number of hydrogen-bond acceptors (Lipinski definition) is 3. The normalized spacial score (nSPS) is 11.2. The summed E-state index contributed by atoms with van der Waals surface area (Å²) in [6.07, 6.45) is 0. The van der Waals surface area contributed by atoms with Gasteiger partial charge >= 0.3 is 0 Å². The quantitative estimate of drug-likeness (QED) is 0.788. The van der Waals surface area contributed by atoms with Gasteiger partial charge < -0.3 is 15.4 Å². The highest BCUT2D eigenvalue weighted by atomic mass is 16.5. The summed E-state index contributed by atoms with van der Waals surface area (Å²) in [6.45, 7) is 7.78. The number of nitrogens with zero attached hydrogens (tertiary/aromatic N) is 1. The fourth-order valence-electron chi connectivity index (χ4n) is 1.80. The van der Waals surface area contributed by atoms with Crippen molar-refractivity contribution < 1.29 is 4.74 Å². The Bertz CT molecular complexity index is 326.